The van der Waals surface area contributed by atoms with Gasteiger partial charge in [-0.15, -0.1) is 0 Å². The molecule has 1 saturated heterocycles. The van der Waals surface area contributed by atoms with Gasteiger partial charge in [-0.2, -0.15) is 0 Å². The molecule has 0 aliphatic carbocycles. The molecule has 1 aliphatic rings. The van der Waals surface area contributed by atoms with E-state index in [4.69, 9.17) is 9.47 Å². The number of piperidine rings is 1. The first kappa shape index (κ1) is 19.3. The number of methoxy groups -OCH3 is 1. The Bertz CT molecular complexity index is 633. The highest BCUT2D eigenvalue weighted by Crippen LogP contribution is 2.33. The highest BCUT2D eigenvalue weighted by Gasteiger charge is 2.31. The molecule has 0 saturated carbocycles. The molecule has 1 aliphatic heterocycles. The fraction of sp³-hybridized carbons (Fsp3) is 0.600. The molecule has 1 atom stereocenters. The zero-order valence-electron chi connectivity index (χ0n) is 15.9. The summed E-state index contributed by atoms with van der Waals surface area (Å²) in [5.74, 6) is -0.323. The SMILES string of the molecule is CCc1cc(C2CCCCN2C(=O)OC(C)(C)C)ccc1C(=O)OC. The summed E-state index contributed by atoms with van der Waals surface area (Å²) in [6, 6.07) is 5.75. The first-order valence-electron chi connectivity index (χ1n) is 8.97. The van der Waals surface area contributed by atoms with Crippen LogP contribution in [0.15, 0.2) is 18.2 Å². The van der Waals surface area contributed by atoms with Crippen molar-refractivity contribution < 1.29 is 19.1 Å². The van der Waals surface area contributed by atoms with Gasteiger partial charge >= 0.3 is 12.1 Å². The van der Waals surface area contributed by atoms with E-state index in [1.165, 1.54) is 7.11 Å². The molecule has 1 aromatic rings. The minimum absolute atomic E-state index is 0.0133. The topological polar surface area (TPSA) is 55.8 Å². The molecule has 0 spiro atoms. The van der Waals surface area contributed by atoms with Crippen LogP contribution in [0.1, 0.15) is 74.5 Å². The van der Waals surface area contributed by atoms with Crippen molar-refractivity contribution in [3.8, 4) is 0 Å². The Morgan fingerprint density at radius 1 is 1.24 bits per heavy atom. The quantitative estimate of drug-likeness (QED) is 0.756. The highest BCUT2D eigenvalue weighted by atomic mass is 16.6. The van der Waals surface area contributed by atoms with Crippen molar-refractivity contribution in [3.05, 3.63) is 34.9 Å². The normalized spacial score (nSPS) is 18.0. The Kier molecular flexibility index (Phi) is 6.09. The van der Waals surface area contributed by atoms with Gasteiger partial charge in [0.2, 0.25) is 0 Å². The van der Waals surface area contributed by atoms with Crippen LogP contribution in [0.2, 0.25) is 0 Å². The van der Waals surface area contributed by atoms with Crippen LogP contribution in [0.4, 0.5) is 4.79 Å². The van der Waals surface area contributed by atoms with Crippen LogP contribution in [0.5, 0.6) is 0 Å². The molecule has 5 heteroatoms. The van der Waals surface area contributed by atoms with Gasteiger partial charge < -0.3 is 14.4 Å². The third-order valence-corrected chi connectivity index (χ3v) is 4.43. The summed E-state index contributed by atoms with van der Waals surface area (Å²) in [7, 11) is 1.39. The van der Waals surface area contributed by atoms with E-state index in [1.807, 2.05) is 50.8 Å². The average molecular weight is 347 g/mol. The van der Waals surface area contributed by atoms with Gasteiger partial charge in [0, 0.05) is 6.54 Å². The third kappa shape index (κ3) is 4.74. The molecule has 1 amide bonds. The lowest BCUT2D eigenvalue weighted by atomic mass is 9.92. The predicted molar refractivity (Wildman–Crippen MR) is 96.7 cm³/mol. The molecule has 0 aromatic heterocycles. The summed E-state index contributed by atoms with van der Waals surface area (Å²) in [6.45, 7) is 8.34. The number of hydrogen-bond acceptors (Lipinski definition) is 4. The van der Waals surface area contributed by atoms with E-state index in [9.17, 15) is 9.59 Å². The molecule has 25 heavy (non-hydrogen) atoms. The van der Waals surface area contributed by atoms with Crippen molar-refractivity contribution in [1.29, 1.82) is 0 Å². The van der Waals surface area contributed by atoms with Crippen LogP contribution >= 0.6 is 0 Å². The standard InChI is InChI=1S/C20H29NO4/c1-6-14-13-15(10-11-16(14)18(22)24-5)17-9-7-8-12-21(17)19(23)25-20(2,3)4/h10-11,13,17H,6-9,12H2,1-5H3. The minimum Gasteiger partial charge on any atom is -0.465 e. The summed E-state index contributed by atoms with van der Waals surface area (Å²) in [4.78, 5) is 26.3. The smallest absolute Gasteiger partial charge is 0.410 e. The number of amides is 1. The number of rotatable bonds is 3. The van der Waals surface area contributed by atoms with Crippen LogP contribution in [0, 0.1) is 0 Å². The summed E-state index contributed by atoms with van der Waals surface area (Å²) in [5, 5.41) is 0. The Morgan fingerprint density at radius 2 is 1.96 bits per heavy atom. The lowest BCUT2D eigenvalue weighted by Crippen LogP contribution is -2.41. The predicted octanol–water partition coefficient (Wildman–Crippen LogP) is 4.50. The van der Waals surface area contributed by atoms with E-state index in [-0.39, 0.29) is 18.1 Å². The highest BCUT2D eigenvalue weighted by molar-refractivity contribution is 5.91. The number of hydrogen-bond donors (Lipinski definition) is 0. The molecule has 1 fully saturated rings. The van der Waals surface area contributed by atoms with E-state index < -0.39 is 5.60 Å². The fourth-order valence-electron chi connectivity index (χ4n) is 3.24. The van der Waals surface area contributed by atoms with Crippen molar-refractivity contribution in [3.63, 3.8) is 0 Å². The Labute approximate surface area is 150 Å². The first-order chi connectivity index (χ1) is 11.8. The summed E-state index contributed by atoms with van der Waals surface area (Å²) >= 11 is 0. The largest absolute Gasteiger partial charge is 0.465 e. The third-order valence-electron chi connectivity index (χ3n) is 4.43. The summed E-state index contributed by atoms with van der Waals surface area (Å²) in [5.41, 5.74) is 2.07. The van der Waals surface area contributed by atoms with Gasteiger partial charge in [0.25, 0.3) is 0 Å². The van der Waals surface area contributed by atoms with Gasteiger partial charge in [-0.1, -0.05) is 19.1 Å². The van der Waals surface area contributed by atoms with Crippen molar-refractivity contribution in [2.45, 2.75) is 65.0 Å². The van der Waals surface area contributed by atoms with Gasteiger partial charge in [-0.3, -0.25) is 0 Å². The van der Waals surface area contributed by atoms with Crippen molar-refractivity contribution >= 4 is 12.1 Å². The number of likely N-dealkylation sites (tertiary alicyclic amines) is 1. The van der Waals surface area contributed by atoms with E-state index in [0.717, 1.165) is 36.8 Å². The molecule has 138 valence electrons. The van der Waals surface area contributed by atoms with E-state index in [0.29, 0.717) is 12.1 Å². The molecule has 1 aromatic carbocycles. The van der Waals surface area contributed by atoms with E-state index >= 15 is 0 Å². The van der Waals surface area contributed by atoms with Crippen molar-refractivity contribution in [1.82, 2.24) is 4.90 Å². The summed E-state index contributed by atoms with van der Waals surface area (Å²) < 4.78 is 10.4. The number of esters is 1. The molecular weight excluding hydrogens is 318 g/mol. The second-order valence-corrected chi connectivity index (χ2v) is 7.45. The maximum absolute atomic E-state index is 12.6. The van der Waals surface area contributed by atoms with Crippen molar-refractivity contribution in [2.24, 2.45) is 0 Å². The zero-order valence-corrected chi connectivity index (χ0v) is 15.9. The fourth-order valence-corrected chi connectivity index (χ4v) is 3.24. The monoisotopic (exact) mass is 347 g/mol. The van der Waals surface area contributed by atoms with Gasteiger partial charge in [0.1, 0.15) is 5.60 Å². The van der Waals surface area contributed by atoms with Gasteiger partial charge in [0.05, 0.1) is 18.7 Å². The Hall–Kier alpha value is -2.04. The number of benzene rings is 1. The lowest BCUT2D eigenvalue weighted by Gasteiger charge is -2.37. The van der Waals surface area contributed by atoms with Gasteiger partial charge in [0.15, 0.2) is 0 Å². The molecule has 1 unspecified atom stereocenters. The van der Waals surface area contributed by atoms with Gasteiger partial charge in [-0.05, 0) is 63.6 Å². The lowest BCUT2D eigenvalue weighted by molar-refractivity contribution is 0.00947. The van der Waals surface area contributed by atoms with E-state index in [2.05, 4.69) is 0 Å². The molecule has 0 bridgehead atoms. The number of aryl methyl sites for hydroxylation is 1. The maximum Gasteiger partial charge on any atom is 0.410 e. The second-order valence-electron chi connectivity index (χ2n) is 7.45. The second kappa shape index (κ2) is 7.89. The molecule has 5 nitrogen and oxygen atoms in total. The molecule has 2 rings (SSSR count). The number of carbonyl (C=O) groups excluding carboxylic acids is 2. The van der Waals surface area contributed by atoms with Crippen molar-refractivity contribution in [2.75, 3.05) is 13.7 Å². The van der Waals surface area contributed by atoms with Crippen LogP contribution < -0.4 is 0 Å². The van der Waals surface area contributed by atoms with Crippen LogP contribution in [0.3, 0.4) is 0 Å². The molecular formula is C20H29NO4. The Morgan fingerprint density at radius 3 is 2.56 bits per heavy atom. The number of nitrogens with zero attached hydrogens (tertiary/aromatic N) is 1. The summed E-state index contributed by atoms with van der Waals surface area (Å²) in [6.07, 6.45) is 3.42. The van der Waals surface area contributed by atoms with Gasteiger partial charge in [-0.25, -0.2) is 9.59 Å². The molecule has 1 heterocycles. The average Bonchev–Trinajstić information content (AvgIpc) is 2.59. The molecule has 0 radical (unpaired) electrons. The van der Waals surface area contributed by atoms with Crippen LogP contribution in [-0.4, -0.2) is 36.2 Å². The molecule has 0 N–H and O–H groups in total. The number of carbonyl (C=O) groups is 2. The zero-order chi connectivity index (χ0) is 18.6. The Balaban J connectivity index is 2.30. The van der Waals surface area contributed by atoms with Crippen LogP contribution in [0.25, 0.3) is 0 Å². The maximum atomic E-state index is 12.6. The minimum atomic E-state index is -0.512. The number of ether oxygens (including phenoxy) is 2. The first-order valence-corrected chi connectivity index (χ1v) is 8.97. The van der Waals surface area contributed by atoms with E-state index in [1.54, 1.807) is 0 Å². The van der Waals surface area contributed by atoms with Crippen LogP contribution in [-0.2, 0) is 15.9 Å².